The molecule has 1 aliphatic carbocycles. The second-order valence-electron chi connectivity index (χ2n) is 5.13. The van der Waals surface area contributed by atoms with Crippen LogP contribution in [0.4, 0.5) is 0 Å². The van der Waals surface area contributed by atoms with Gasteiger partial charge in [-0.15, -0.1) is 11.8 Å². The molecule has 0 saturated heterocycles. The van der Waals surface area contributed by atoms with Crippen molar-refractivity contribution in [3.05, 3.63) is 29.8 Å². The SMILES string of the molecule is CSc1ccc(CNC2CCC(CO)CC2)cc1. The van der Waals surface area contributed by atoms with Crippen LogP contribution >= 0.6 is 11.8 Å². The smallest absolute Gasteiger partial charge is 0.0459 e. The molecule has 0 amide bonds. The lowest BCUT2D eigenvalue weighted by Crippen LogP contribution is -2.33. The molecule has 18 heavy (non-hydrogen) atoms. The van der Waals surface area contributed by atoms with Gasteiger partial charge in [0.05, 0.1) is 0 Å². The molecule has 1 aromatic rings. The molecule has 0 unspecified atom stereocenters. The fourth-order valence-corrected chi connectivity index (χ4v) is 2.96. The summed E-state index contributed by atoms with van der Waals surface area (Å²) in [7, 11) is 0. The van der Waals surface area contributed by atoms with Gasteiger partial charge in [0.1, 0.15) is 0 Å². The molecule has 0 aliphatic heterocycles. The number of aliphatic hydroxyl groups excluding tert-OH is 1. The van der Waals surface area contributed by atoms with E-state index in [1.54, 1.807) is 11.8 Å². The van der Waals surface area contributed by atoms with E-state index in [4.69, 9.17) is 5.11 Å². The maximum atomic E-state index is 9.11. The number of thioether (sulfide) groups is 1. The van der Waals surface area contributed by atoms with Crippen molar-refractivity contribution in [2.24, 2.45) is 5.92 Å². The topological polar surface area (TPSA) is 32.3 Å². The monoisotopic (exact) mass is 265 g/mol. The quantitative estimate of drug-likeness (QED) is 0.803. The van der Waals surface area contributed by atoms with Gasteiger partial charge in [-0.1, -0.05) is 12.1 Å². The molecule has 3 heteroatoms. The Morgan fingerprint density at radius 3 is 2.39 bits per heavy atom. The molecule has 1 saturated carbocycles. The molecular weight excluding hydrogens is 242 g/mol. The summed E-state index contributed by atoms with van der Waals surface area (Å²) in [6.45, 7) is 1.33. The number of hydrogen-bond donors (Lipinski definition) is 2. The standard InChI is InChI=1S/C15H23NOS/c1-18-15-8-4-12(5-9-15)10-16-14-6-2-13(11-17)3-7-14/h4-5,8-9,13-14,16-17H,2-3,6-7,10-11H2,1H3. The van der Waals surface area contributed by atoms with E-state index in [0.717, 1.165) is 6.54 Å². The summed E-state index contributed by atoms with van der Waals surface area (Å²) < 4.78 is 0. The Morgan fingerprint density at radius 1 is 1.17 bits per heavy atom. The van der Waals surface area contributed by atoms with Gasteiger partial charge in [-0.25, -0.2) is 0 Å². The van der Waals surface area contributed by atoms with Crippen LogP contribution in [0.2, 0.25) is 0 Å². The van der Waals surface area contributed by atoms with E-state index in [1.807, 2.05) is 0 Å². The number of rotatable bonds is 5. The van der Waals surface area contributed by atoms with Crippen molar-refractivity contribution in [2.45, 2.75) is 43.2 Å². The first-order chi connectivity index (χ1) is 8.81. The van der Waals surface area contributed by atoms with Crippen molar-refractivity contribution in [1.82, 2.24) is 5.32 Å². The first-order valence-electron chi connectivity index (χ1n) is 6.79. The molecule has 2 N–H and O–H groups in total. The Morgan fingerprint density at radius 2 is 1.83 bits per heavy atom. The lowest BCUT2D eigenvalue weighted by atomic mass is 9.86. The highest BCUT2D eigenvalue weighted by Crippen LogP contribution is 2.24. The van der Waals surface area contributed by atoms with Gasteiger partial charge in [0.25, 0.3) is 0 Å². The van der Waals surface area contributed by atoms with Crippen LogP contribution in [-0.4, -0.2) is 24.0 Å². The summed E-state index contributed by atoms with van der Waals surface area (Å²) in [5, 5.41) is 12.7. The minimum atomic E-state index is 0.364. The Hall–Kier alpha value is -0.510. The average Bonchev–Trinajstić information content (AvgIpc) is 2.46. The van der Waals surface area contributed by atoms with Crippen LogP contribution in [-0.2, 0) is 6.54 Å². The van der Waals surface area contributed by atoms with Gasteiger partial charge < -0.3 is 10.4 Å². The molecule has 1 aromatic carbocycles. The second kappa shape index (κ2) is 7.17. The third-order valence-corrected chi connectivity index (χ3v) is 4.60. The molecule has 100 valence electrons. The van der Waals surface area contributed by atoms with Crippen molar-refractivity contribution in [3.63, 3.8) is 0 Å². The van der Waals surface area contributed by atoms with Crippen LogP contribution < -0.4 is 5.32 Å². The van der Waals surface area contributed by atoms with Crippen molar-refractivity contribution in [1.29, 1.82) is 0 Å². The highest BCUT2D eigenvalue weighted by molar-refractivity contribution is 7.98. The highest BCUT2D eigenvalue weighted by Gasteiger charge is 2.19. The van der Waals surface area contributed by atoms with Crippen LogP contribution in [0.25, 0.3) is 0 Å². The highest BCUT2D eigenvalue weighted by atomic mass is 32.2. The van der Waals surface area contributed by atoms with E-state index in [9.17, 15) is 0 Å². The van der Waals surface area contributed by atoms with E-state index in [0.29, 0.717) is 18.6 Å². The molecule has 0 heterocycles. The van der Waals surface area contributed by atoms with Gasteiger partial charge in [0, 0.05) is 24.1 Å². The third-order valence-electron chi connectivity index (χ3n) is 3.86. The molecule has 2 rings (SSSR count). The fraction of sp³-hybridized carbons (Fsp3) is 0.600. The second-order valence-corrected chi connectivity index (χ2v) is 6.01. The first kappa shape index (κ1) is 13.9. The van der Waals surface area contributed by atoms with Crippen molar-refractivity contribution < 1.29 is 5.11 Å². The Kier molecular flexibility index (Phi) is 5.54. The van der Waals surface area contributed by atoms with Crippen LogP contribution in [0.15, 0.2) is 29.2 Å². The summed E-state index contributed by atoms with van der Waals surface area (Å²) in [5.74, 6) is 0.545. The fourth-order valence-electron chi connectivity index (χ4n) is 2.55. The molecular formula is C15H23NOS. The first-order valence-corrected chi connectivity index (χ1v) is 8.01. The zero-order valence-electron chi connectivity index (χ0n) is 11.1. The van der Waals surface area contributed by atoms with Gasteiger partial charge in [-0.3, -0.25) is 0 Å². The van der Waals surface area contributed by atoms with E-state index in [1.165, 1.54) is 36.1 Å². The average molecular weight is 265 g/mol. The number of aliphatic hydroxyl groups is 1. The van der Waals surface area contributed by atoms with Crippen LogP contribution in [0.5, 0.6) is 0 Å². The van der Waals surface area contributed by atoms with Crippen molar-refractivity contribution in [2.75, 3.05) is 12.9 Å². The third kappa shape index (κ3) is 4.01. The zero-order valence-corrected chi connectivity index (χ0v) is 11.9. The molecule has 1 aliphatic rings. The summed E-state index contributed by atoms with van der Waals surface area (Å²) in [4.78, 5) is 1.32. The van der Waals surface area contributed by atoms with Crippen molar-refractivity contribution >= 4 is 11.8 Å². The Balaban J connectivity index is 1.74. The Labute approximate surface area is 114 Å². The maximum Gasteiger partial charge on any atom is 0.0459 e. The van der Waals surface area contributed by atoms with Crippen LogP contribution in [0.1, 0.15) is 31.2 Å². The van der Waals surface area contributed by atoms with Gasteiger partial charge in [-0.05, 0) is 55.6 Å². The van der Waals surface area contributed by atoms with Gasteiger partial charge in [0.15, 0.2) is 0 Å². The molecule has 0 atom stereocenters. The van der Waals surface area contributed by atoms with E-state index in [2.05, 4.69) is 35.8 Å². The summed E-state index contributed by atoms with van der Waals surface area (Å²) in [6.07, 6.45) is 6.84. The minimum absolute atomic E-state index is 0.364. The summed E-state index contributed by atoms with van der Waals surface area (Å²) in [6, 6.07) is 9.42. The summed E-state index contributed by atoms with van der Waals surface area (Å²) in [5.41, 5.74) is 1.36. The Bertz CT molecular complexity index is 344. The summed E-state index contributed by atoms with van der Waals surface area (Å²) >= 11 is 1.78. The molecule has 2 nitrogen and oxygen atoms in total. The van der Waals surface area contributed by atoms with E-state index >= 15 is 0 Å². The number of hydrogen-bond acceptors (Lipinski definition) is 3. The molecule has 0 bridgehead atoms. The lowest BCUT2D eigenvalue weighted by Gasteiger charge is -2.28. The normalized spacial score (nSPS) is 24.1. The molecule has 1 fully saturated rings. The molecule has 0 spiro atoms. The van der Waals surface area contributed by atoms with Crippen molar-refractivity contribution in [3.8, 4) is 0 Å². The largest absolute Gasteiger partial charge is 0.396 e. The van der Waals surface area contributed by atoms with Crippen LogP contribution in [0.3, 0.4) is 0 Å². The van der Waals surface area contributed by atoms with E-state index < -0.39 is 0 Å². The lowest BCUT2D eigenvalue weighted by molar-refractivity contribution is 0.175. The maximum absolute atomic E-state index is 9.11. The van der Waals surface area contributed by atoms with E-state index in [-0.39, 0.29) is 0 Å². The van der Waals surface area contributed by atoms with Gasteiger partial charge >= 0.3 is 0 Å². The predicted molar refractivity (Wildman–Crippen MR) is 77.9 cm³/mol. The molecule has 0 aromatic heterocycles. The predicted octanol–water partition coefficient (Wildman–Crippen LogP) is 3.05. The molecule has 0 radical (unpaired) electrons. The zero-order chi connectivity index (χ0) is 12.8. The van der Waals surface area contributed by atoms with Gasteiger partial charge in [0.2, 0.25) is 0 Å². The van der Waals surface area contributed by atoms with Gasteiger partial charge in [-0.2, -0.15) is 0 Å². The number of nitrogens with one attached hydrogen (secondary N) is 1. The van der Waals surface area contributed by atoms with Crippen LogP contribution in [0, 0.1) is 5.92 Å². The minimum Gasteiger partial charge on any atom is -0.396 e. The number of benzene rings is 1.